The van der Waals surface area contributed by atoms with Crippen LogP contribution in [0.3, 0.4) is 0 Å². The number of halogens is 1. The van der Waals surface area contributed by atoms with E-state index in [0.29, 0.717) is 0 Å². The minimum absolute atomic E-state index is 0. The summed E-state index contributed by atoms with van der Waals surface area (Å²) in [6.45, 7) is 0. The fourth-order valence-electron chi connectivity index (χ4n) is 0. The molecule has 0 amide bonds. The maximum atomic E-state index is 7.88. The second kappa shape index (κ2) is 44.9. The Morgan fingerprint density at radius 1 is 1.50 bits per heavy atom. The van der Waals surface area contributed by atoms with Gasteiger partial charge in [0.1, 0.15) is 0 Å². The van der Waals surface area contributed by atoms with Crippen molar-refractivity contribution in [1.29, 1.82) is 0 Å². The summed E-state index contributed by atoms with van der Waals surface area (Å²) in [6, 6.07) is 0. The van der Waals surface area contributed by atoms with Crippen LogP contribution in [0, 0.1) is 9.71 Å². The van der Waals surface area contributed by atoms with Crippen LogP contribution in [-0.4, -0.2) is 0 Å². The first kappa shape index (κ1) is 15.9. The van der Waals surface area contributed by atoms with Crippen molar-refractivity contribution in [3.05, 3.63) is 9.71 Å². The van der Waals surface area contributed by atoms with Crippen LogP contribution >= 0.6 is 11.9 Å². The van der Waals surface area contributed by atoms with E-state index in [1.165, 1.54) is 0 Å². The quantitative estimate of drug-likeness (QED) is 0.140. The molecule has 0 saturated heterocycles. The van der Waals surface area contributed by atoms with Crippen molar-refractivity contribution in [1.82, 2.24) is 0 Å². The van der Waals surface area contributed by atoms with Gasteiger partial charge in [-0.05, 0) is 0 Å². The molecule has 4 nitrogen and oxygen atoms in total. The van der Waals surface area contributed by atoms with Crippen LogP contribution < -0.4 is 39.5 Å². The Labute approximate surface area is 61.0 Å². The summed E-state index contributed by atoms with van der Waals surface area (Å²) in [4.78, 5) is 7.88. The van der Waals surface area contributed by atoms with Crippen molar-refractivity contribution in [3.8, 4) is 0 Å². The van der Waals surface area contributed by atoms with Crippen LogP contribution in [-0.2, 0) is 0 Å². The Morgan fingerprint density at radius 2 is 1.50 bits per heavy atom. The smallest absolute Gasteiger partial charge is 0.769 e. The van der Waals surface area contributed by atoms with E-state index in [1.54, 1.807) is 4.75 Å². The van der Waals surface area contributed by atoms with Gasteiger partial charge in [0.25, 0.3) is 0 Å². The van der Waals surface area contributed by atoms with Crippen molar-refractivity contribution >= 4 is 11.9 Å². The molecule has 0 bridgehead atoms. The third-order valence-corrected chi connectivity index (χ3v) is 0. The zero-order valence-electron chi connectivity index (χ0n) is 3.01. The molecule has 0 aromatic carbocycles. The molecule has 0 atom stereocenters. The van der Waals surface area contributed by atoms with Crippen molar-refractivity contribution in [2.75, 3.05) is 0 Å². The molecule has 0 saturated carbocycles. The van der Waals surface area contributed by atoms with Crippen LogP contribution in [0.4, 0.5) is 0 Å². The van der Waals surface area contributed by atoms with Crippen molar-refractivity contribution in [2.45, 2.75) is 0 Å². The van der Waals surface area contributed by atoms with E-state index in [1.807, 2.05) is 0 Å². The Morgan fingerprint density at radius 3 is 1.50 bits per heavy atom. The van der Waals surface area contributed by atoms with Gasteiger partial charge in [-0.15, -0.1) is 0 Å². The first-order valence-corrected chi connectivity index (χ1v) is 0.796. The fourth-order valence-corrected chi connectivity index (χ4v) is 0. The maximum absolute atomic E-state index is 7.88. The van der Waals surface area contributed by atoms with Crippen LogP contribution in [0.1, 0.15) is 0 Å². The summed E-state index contributed by atoms with van der Waals surface area (Å²) >= 11 is 3.39. The van der Waals surface area contributed by atoms with Gasteiger partial charge in [-0.25, -0.2) is 11.9 Å². The average Bonchev–Trinajstić information content (AvgIpc) is 1.46. The predicted molar refractivity (Wildman–Crippen MR) is 12.6 cm³/mol. The summed E-state index contributed by atoms with van der Waals surface area (Å²) < 4.78 is 9.47. The molecule has 0 aromatic rings. The largest absolute Gasteiger partial charge is 1.00 e. The Hall–Kier alpha value is 0.650. The molecule has 32 valence electrons. The van der Waals surface area contributed by atoms with Gasteiger partial charge in [0, 0.05) is 0 Å². The molecule has 0 spiro atoms. The Bertz CT molecular complexity index is 15.0. The first-order valence-electron chi connectivity index (χ1n) is 0.488. The number of hydrogen-bond acceptors (Lipinski definition) is 3. The molecule has 0 aromatic heterocycles. The number of hydrogen-bond donors (Lipinski definition) is 0. The summed E-state index contributed by atoms with van der Waals surface area (Å²) in [5, 5.41) is 7.88. The average molecular weight is 122 g/mol. The van der Waals surface area contributed by atoms with E-state index in [0.717, 1.165) is 0 Å². The molecular formula is ClNaO4. The monoisotopic (exact) mass is 122 g/mol. The normalized spacial score (nSPS) is 3.00. The molecule has 6 heteroatoms. The van der Waals surface area contributed by atoms with Crippen LogP contribution in [0.5, 0.6) is 0 Å². The van der Waals surface area contributed by atoms with E-state index in [2.05, 4.69) is 11.9 Å². The van der Waals surface area contributed by atoms with Gasteiger partial charge in [-0.2, -0.15) is 0 Å². The molecule has 0 unspecified atom stereocenters. The zero-order chi connectivity index (χ0) is 4.71. The van der Waals surface area contributed by atoms with Gasteiger partial charge in [-0.1, -0.05) is 10.2 Å². The summed E-state index contributed by atoms with van der Waals surface area (Å²) in [5.41, 5.74) is 0. The van der Waals surface area contributed by atoms with Crippen LogP contribution in [0.15, 0.2) is 0 Å². The third kappa shape index (κ3) is 147. The van der Waals surface area contributed by atoms with Crippen molar-refractivity contribution in [3.63, 3.8) is 0 Å². The van der Waals surface area contributed by atoms with Crippen molar-refractivity contribution in [2.24, 2.45) is 0 Å². The van der Waals surface area contributed by atoms with Gasteiger partial charge >= 0.3 is 29.6 Å². The molecule has 0 aliphatic heterocycles. The van der Waals surface area contributed by atoms with E-state index >= 15 is 0 Å². The molecule has 0 heterocycles. The Kier molecular flexibility index (Phi) is 119. The maximum Gasteiger partial charge on any atom is 1.00 e. The van der Waals surface area contributed by atoms with E-state index in [9.17, 15) is 0 Å². The van der Waals surface area contributed by atoms with Gasteiger partial charge in [0.05, 0.1) is 0 Å². The van der Waals surface area contributed by atoms with E-state index in [4.69, 9.17) is 14.9 Å². The summed E-state index contributed by atoms with van der Waals surface area (Å²) in [7, 11) is 0. The van der Waals surface area contributed by atoms with Gasteiger partial charge in [0.2, 0.25) is 0 Å². The topological polar surface area (TPSA) is 74.5 Å². The zero-order valence-corrected chi connectivity index (χ0v) is 5.77. The second-order valence-electron chi connectivity index (χ2n) is 0.0680. The van der Waals surface area contributed by atoms with Gasteiger partial charge in [-0.3, -0.25) is 0 Å². The SMILES string of the molecule is O=[O+][O-].[Na+].[O-]Cl. The van der Waals surface area contributed by atoms with Gasteiger partial charge < -0.3 is 4.66 Å². The van der Waals surface area contributed by atoms with Crippen LogP contribution in [0.2, 0.25) is 0 Å². The van der Waals surface area contributed by atoms with E-state index in [-0.39, 0.29) is 29.6 Å². The molecule has 0 fully saturated rings. The second-order valence-corrected chi connectivity index (χ2v) is 0.0680. The van der Waals surface area contributed by atoms with Crippen LogP contribution in [0.25, 0.3) is 0 Å². The third-order valence-electron chi connectivity index (χ3n) is 0. The molecule has 0 aliphatic rings. The molecule has 0 rings (SSSR count). The van der Waals surface area contributed by atoms with Crippen molar-refractivity contribution < 1.29 is 39.5 Å². The Balaban J connectivity index is -0.0000000275. The predicted octanol–water partition coefficient (Wildman–Crippen LogP) is -4.62. The molecule has 6 heavy (non-hydrogen) atoms. The molecule has 0 aliphatic carbocycles. The fraction of sp³-hybridized carbons (Fsp3) is 0. The molecule has 0 N–H and O–H groups in total. The van der Waals surface area contributed by atoms with E-state index < -0.39 is 0 Å². The minimum Gasteiger partial charge on any atom is -0.769 e. The molecular weight excluding hydrogens is 122 g/mol. The summed E-state index contributed by atoms with van der Waals surface area (Å²) in [6.07, 6.45) is 0. The standard InChI is InChI=1S/ClO.Na.O3/c1-2;;1-3-2/q-1;+1;. The molecule has 0 radical (unpaired) electrons. The first-order chi connectivity index (χ1) is 2.41. The van der Waals surface area contributed by atoms with Gasteiger partial charge in [0.15, 0.2) is 4.75 Å². The summed E-state index contributed by atoms with van der Waals surface area (Å²) in [5.74, 6) is 0. The number of rotatable bonds is 0. The minimum atomic E-state index is 0.